The van der Waals surface area contributed by atoms with Gasteiger partial charge in [0.1, 0.15) is 63.3 Å². The molecule has 4 aromatic carbocycles. The van der Waals surface area contributed by atoms with Gasteiger partial charge in [-0.05, 0) is 54.8 Å². The third kappa shape index (κ3) is 4.00. The van der Waals surface area contributed by atoms with Crippen molar-refractivity contribution in [3.63, 3.8) is 0 Å². The molecule has 9 heteroatoms. The van der Waals surface area contributed by atoms with Crippen LogP contribution in [0.3, 0.4) is 0 Å². The minimum Gasteiger partial charge on any atom is -0.508 e. The van der Waals surface area contributed by atoms with Gasteiger partial charge in [0.25, 0.3) is 0 Å². The van der Waals surface area contributed by atoms with Gasteiger partial charge in [-0.1, -0.05) is 12.1 Å². The molecule has 1 aromatic heterocycles. The zero-order valence-electron chi connectivity index (χ0n) is 20.3. The van der Waals surface area contributed by atoms with Crippen molar-refractivity contribution in [2.24, 2.45) is 0 Å². The minimum absolute atomic E-state index is 0.00772. The first-order chi connectivity index (χ1) is 18.7. The van der Waals surface area contributed by atoms with E-state index in [1.165, 1.54) is 30.3 Å². The predicted molar refractivity (Wildman–Crippen MR) is 140 cm³/mol. The van der Waals surface area contributed by atoms with Crippen molar-refractivity contribution in [1.29, 1.82) is 0 Å². The largest absolute Gasteiger partial charge is 0.508 e. The highest BCUT2D eigenvalue weighted by Gasteiger charge is 2.34. The highest BCUT2D eigenvalue weighted by Crippen LogP contribution is 2.50. The third-order valence-electron chi connectivity index (χ3n) is 6.86. The van der Waals surface area contributed by atoms with Crippen LogP contribution in [0.25, 0.3) is 22.3 Å². The highest BCUT2D eigenvalue weighted by atomic mass is 16.5. The molecule has 5 aromatic rings. The molecule has 0 amide bonds. The zero-order chi connectivity index (χ0) is 27.4. The second-order valence-corrected chi connectivity index (χ2v) is 9.35. The molecule has 1 aliphatic heterocycles. The topological polar surface area (TPSA) is 161 Å². The number of phenolic OH excluding ortho intramolecular Hbond substituents is 6. The fraction of sp³-hybridized carbons (Fsp3) is 0.100. The van der Waals surface area contributed by atoms with E-state index in [-0.39, 0.29) is 45.3 Å². The molecule has 6 rings (SSSR count). The van der Waals surface area contributed by atoms with Gasteiger partial charge in [-0.15, -0.1) is 0 Å². The molecule has 0 bridgehead atoms. The summed E-state index contributed by atoms with van der Waals surface area (Å²) in [5, 5.41) is 61.3. The van der Waals surface area contributed by atoms with Gasteiger partial charge in [0.15, 0.2) is 0 Å². The number of hydrogen-bond donors (Lipinski definition) is 6. The molecule has 0 radical (unpaired) electrons. The zero-order valence-corrected chi connectivity index (χ0v) is 20.3. The first kappa shape index (κ1) is 24.1. The van der Waals surface area contributed by atoms with E-state index in [4.69, 9.17) is 9.15 Å². The van der Waals surface area contributed by atoms with Crippen LogP contribution in [0.2, 0.25) is 0 Å². The van der Waals surface area contributed by atoms with E-state index in [2.05, 4.69) is 0 Å². The van der Waals surface area contributed by atoms with Gasteiger partial charge in [0.2, 0.25) is 5.78 Å². The summed E-state index contributed by atoms with van der Waals surface area (Å²) in [4.78, 5) is 14.0. The SMILES string of the molecule is O=C(c1c(O)cc(O)cc1O)c1c(-c2ccc(O)cc2)oc2cc(O)c3c(c12)O[C@@H](c1ccc(O)cc1)CC3. The van der Waals surface area contributed by atoms with Gasteiger partial charge in [0, 0.05) is 29.3 Å². The van der Waals surface area contributed by atoms with Crippen molar-refractivity contribution in [2.75, 3.05) is 0 Å². The second kappa shape index (κ2) is 8.91. The molecule has 39 heavy (non-hydrogen) atoms. The van der Waals surface area contributed by atoms with Crippen LogP contribution in [0.15, 0.2) is 71.1 Å². The number of phenols is 6. The lowest BCUT2D eigenvalue weighted by atomic mass is 9.91. The summed E-state index contributed by atoms with van der Waals surface area (Å²) in [7, 11) is 0. The van der Waals surface area contributed by atoms with Crippen LogP contribution in [0, 0.1) is 0 Å². The lowest BCUT2D eigenvalue weighted by molar-refractivity contribution is 0.103. The Balaban J connectivity index is 1.62. The summed E-state index contributed by atoms with van der Waals surface area (Å²) in [6.07, 6.45) is 0.460. The Bertz CT molecular complexity index is 1730. The molecule has 196 valence electrons. The van der Waals surface area contributed by atoms with Crippen LogP contribution in [0.5, 0.6) is 40.2 Å². The Kier molecular flexibility index (Phi) is 5.50. The molecule has 1 atom stereocenters. The van der Waals surface area contributed by atoms with Gasteiger partial charge in [-0.2, -0.15) is 0 Å². The van der Waals surface area contributed by atoms with Gasteiger partial charge >= 0.3 is 0 Å². The van der Waals surface area contributed by atoms with Crippen molar-refractivity contribution in [3.8, 4) is 51.6 Å². The van der Waals surface area contributed by atoms with E-state index >= 15 is 0 Å². The molecule has 6 N–H and O–H groups in total. The summed E-state index contributed by atoms with van der Waals surface area (Å²) < 4.78 is 12.5. The van der Waals surface area contributed by atoms with Crippen molar-refractivity contribution in [2.45, 2.75) is 18.9 Å². The summed E-state index contributed by atoms with van der Waals surface area (Å²) in [6.45, 7) is 0. The van der Waals surface area contributed by atoms with Crippen LogP contribution < -0.4 is 4.74 Å². The maximum Gasteiger partial charge on any atom is 0.205 e. The Morgan fingerprint density at radius 2 is 1.33 bits per heavy atom. The highest BCUT2D eigenvalue weighted by molar-refractivity contribution is 6.23. The van der Waals surface area contributed by atoms with Crippen LogP contribution in [-0.2, 0) is 6.42 Å². The fourth-order valence-electron chi connectivity index (χ4n) is 5.01. The van der Waals surface area contributed by atoms with E-state index in [1.54, 1.807) is 24.3 Å². The maximum atomic E-state index is 14.0. The third-order valence-corrected chi connectivity index (χ3v) is 6.86. The lowest BCUT2D eigenvalue weighted by Gasteiger charge is -2.27. The fourth-order valence-corrected chi connectivity index (χ4v) is 5.01. The van der Waals surface area contributed by atoms with Gasteiger partial charge in [-0.3, -0.25) is 4.79 Å². The Morgan fingerprint density at radius 1 is 0.718 bits per heavy atom. The van der Waals surface area contributed by atoms with E-state index in [1.807, 2.05) is 0 Å². The minimum atomic E-state index is -0.810. The number of benzene rings is 4. The first-order valence-corrected chi connectivity index (χ1v) is 12.1. The summed E-state index contributed by atoms with van der Waals surface area (Å²) in [5.41, 5.74) is 1.27. The number of carbonyl (C=O) groups excluding carboxylic acids is 1. The van der Waals surface area contributed by atoms with E-state index in [0.717, 1.165) is 17.7 Å². The first-order valence-electron chi connectivity index (χ1n) is 12.1. The normalized spacial score (nSPS) is 14.6. The number of ether oxygens (including phenoxy) is 1. The molecule has 0 unspecified atom stereocenters. The Labute approximate surface area is 221 Å². The molecule has 9 nitrogen and oxygen atoms in total. The number of furan rings is 1. The van der Waals surface area contributed by atoms with Crippen LogP contribution in [0.1, 0.15) is 39.6 Å². The van der Waals surface area contributed by atoms with Crippen LogP contribution >= 0.6 is 0 Å². The van der Waals surface area contributed by atoms with Gasteiger partial charge < -0.3 is 39.8 Å². The predicted octanol–water partition coefficient (Wildman–Crippen LogP) is 5.63. The molecular weight excluding hydrogens is 504 g/mol. The molecule has 0 aliphatic carbocycles. The van der Waals surface area contributed by atoms with Crippen molar-refractivity contribution in [1.82, 2.24) is 0 Å². The summed E-state index contributed by atoms with van der Waals surface area (Å²) in [5.74, 6) is -2.24. The Morgan fingerprint density at radius 3 is 1.97 bits per heavy atom. The standard InChI is InChI=1S/C30H22O9/c31-16-5-1-14(2-6-16)23-10-9-19-20(34)13-24-26(30(19)38-23)27(29(39-24)15-3-7-17(32)8-4-15)28(37)25-21(35)11-18(33)12-22(25)36/h1-8,11-13,23,31-36H,9-10H2/t23-/m1/s1. The number of ketones is 1. The number of carbonyl (C=O) groups is 1. The summed E-state index contributed by atoms with van der Waals surface area (Å²) >= 11 is 0. The average molecular weight is 526 g/mol. The molecule has 2 heterocycles. The maximum absolute atomic E-state index is 14.0. The van der Waals surface area contributed by atoms with Crippen LogP contribution in [0.4, 0.5) is 0 Å². The average Bonchev–Trinajstić information content (AvgIpc) is 3.28. The second-order valence-electron chi connectivity index (χ2n) is 9.35. The molecule has 0 saturated heterocycles. The quantitative estimate of drug-likeness (QED) is 0.163. The molecular formula is C30H22O9. The van der Waals surface area contributed by atoms with Crippen molar-refractivity contribution in [3.05, 3.63) is 89.0 Å². The van der Waals surface area contributed by atoms with E-state index in [0.29, 0.717) is 24.0 Å². The van der Waals surface area contributed by atoms with Crippen molar-refractivity contribution < 1.29 is 44.6 Å². The molecule has 0 spiro atoms. The molecule has 0 saturated carbocycles. The van der Waals surface area contributed by atoms with Crippen molar-refractivity contribution >= 4 is 16.8 Å². The summed E-state index contributed by atoms with van der Waals surface area (Å²) in [6, 6.07) is 15.7. The smallest absolute Gasteiger partial charge is 0.205 e. The number of fused-ring (bicyclic) bond motifs is 3. The number of aromatic hydroxyl groups is 6. The molecule has 1 aliphatic rings. The lowest BCUT2D eigenvalue weighted by Crippen LogP contribution is -2.16. The van der Waals surface area contributed by atoms with Gasteiger partial charge in [0.05, 0.1) is 10.9 Å². The van der Waals surface area contributed by atoms with E-state index in [9.17, 15) is 35.4 Å². The Hall–Kier alpha value is -5.31. The molecule has 0 fully saturated rings. The number of hydrogen-bond acceptors (Lipinski definition) is 9. The number of rotatable bonds is 4. The van der Waals surface area contributed by atoms with E-state index < -0.39 is 34.7 Å². The van der Waals surface area contributed by atoms with Crippen LogP contribution in [-0.4, -0.2) is 36.4 Å². The van der Waals surface area contributed by atoms with Gasteiger partial charge in [-0.25, -0.2) is 0 Å². The monoisotopic (exact) mass is 526 g/mol.